The molecule has 0 bridgehead atoms. The first-order valence-electron chi connectivity index (χ1n) is 8.33. The average molecular weight is 362 g/mol. The van der Waals surface area contributed by atoms with Crippen molar-refractivity contribution in [3.8, 4) is 11.5 Å². The second-order valence-electron chi connectivity index (χ2n) is 5.84. The minimum Gasteiger partial charge on any atom is -0.486 e. The molecule has 7 heteroatoms. The fourth-order valence-electron chi connectivity index (χ4n) is 2.47. The Balaban J connectivity index is 1.65. The van der Waals surface area contributed by atoms with Crippen molar-refractivity contribution < 1.29 is 17.9 Å². The summed E-state index contributed by atoms with van der Waals surface area (Å²) in [6.45, 7) is 3.08. The molecule has 0 radical (unpaired) electrons. The standard InChI is InChI=1S/C18H22N2O4S/c1-2-3-12-25(21,22)20-15-6-4-14(5-7-15)19-16-8-9-17-18(13-16)24-11-10-23-17/h4-9,13,19-20H,2-3,10-12H2,1H3. The predicted octanol–water partition coefficient (Wildman–Crippen LogP) is 3.74. The molecule has 0 atom stereocenters. The Morgan fingerprint density at radius 1 is 0.920 bits per heavy atom. The van der Waals surface area contributed by atoms with Crippen LogP contribution in [0.4, 0.5) is 17.1 Å². The van der Waals surface area contributed by atoms with E-state index < -0.39 is 10.0 Å². The van der Waals surface area contributed by atoms with E-state index in [1.165, 1.54) is 0 Å². The third-order valence-electron chi connectivity index (χ3n) is 3.76. The Bertz CT molecular complexity index is 819. The molecule has 0 aromatic heterocycles. The molecule has 0 saturated heterocycles. The van der Waals surface area contributed by atoms with Gasteiger partial charge in [0, 0.05) is 23.1 Å². The van der Waals surface area contributed by atoms with Crippen LogP contribution in [-0.2, 0) is 10.0 Å². The van der Waals surface area contributed by atoms with Crippen LogP contribution in [0.15, 0.2) is 42.5 Å². The first-order chi connectivity index (χ1) is 12.1. The number of fused-ring (bicyclic) bond motifs is 1. The predicted molar refractivity (Wildman–Crippen MR) is 99.5 cm³/mol. The van der Waals surface area contributed by atoms with Gasteiger partial charge in [0.15, 0.2) is 11.5 Å². The molecule has 134 valence electrons. The maximum absolute atomic E-state index is 11.9. The fraction of sp³-hybridized carbons (Fsp3) is 0.333. The monoisotopic (exact) mass is 362 g/mol. The van der Waals surface area contributed by atoms with Gasteiger partial charge in [0.1, 0.15) is 13.2 Å². The summed E-state index contributed by atoms with van der Waals surface area (Å²) < 4.78 is 37.5. The zero-order valence-corrected chi connectivity index (χ0v) is 14.9. The Kier molecular flexibility index (Phi) is 5.33. The summed E-state index contributed by atoms with van der Waals surface area (Å²) in [6.07, 6.45) is 1.50. The van der Waals surface area contributed by atoms with E-state index in [1.54, 1.807) is 12.1 Å². The topological polar surface area (TPSA) is 76.7 Å². The van der Waals surface area contributed by atoms with Crippen LogP contribution in [0.1, 0.15) is 19.8 Å². The smallest absolute Gasteiger partial charge is 0.232 e. The van der Waals surface area contributed by atoms with Gasteiger partial charge in [0.2, 0.25) is 10.0 Å². The van der Waals surface area contributed by atoms with Crippen molar-refractivity contribution in [1.82, 2.24) is 0 Å². The highest BCUT2D eigenvalue weighted by atomic mass is 32.2. The molecule has 25 heavy (non-hydrogen) atoms. The number of unbranched alkanes of at least 4 members (excludes halogenated alkanes) is 1. The summed E-state index contributed by atoms with van der Waals surface area (Å²) in [7, 11) is -3.28. The van der Waals surface area contributed by atoms with Gasteiger partial charge in [-0.25, -0.2) is 8.42 Å². The lowest BCUT2D eigenvalue weighted by Crippen LogP contribution is -2.16. The average Bonchev–Trinajstić information content (AvgIpc) is 2.61. The normalized spacial score (nSPS) is 13.3. The molecule has 0 unspecified atom stereocenters. The molecule has 3 rings (SSSR count). The fourth-order valence-corrected chi connectivity index (χ4v) is 3.74. The molecule has 2 aromatic carbocycles. The summed E-state index contributed by atoms with van der Waals surface area (Å²) in [6, 6.07) is 12.8. The molecule has 6 nitrogen and oxygen atoms in total. The van der Waals surface area contributed by atoms with Crippen molar-refractivity contribution in [3.05, 3.63) is 42.5 Å². The van der Waals surface area contributed by atoms with Gasteiger partial charge < -0.3 is 14.8 Å². The van der Waals surface area contributed by atoms with E-state index in [4.69, 9.17) is 9.47 Å². The second-order valence-corrected chi connectivity index (χ2v) is 7.68. The highest BCUT2D eigenvalue weighted by molar-refractivity contribution is 7.92. The van der Waals surface area contributed by atoms with Crippen molar-refractivity contribution in [2.75, 3.05) is 29.0 Å². The van der Waals surface area contributed by atoms with Gasteiger partial charge in [-0.2, -0.15) is 0 Å². The van der Waals surface area contributed by atoms with Gasteiger partial charge in [-0.1, -0.05) is 13.3 Å². The number of sulfonamides is 1. The van der Waals surface area contributed by atoms with Gasteiger partial charge in [0.25, 0.3) is 0 Å². The third-order valence-corrected chi connectivity index (χ3v) is 5.13. The molecule has 1 aliphatic heterocycles. The number of benzene rings is 2. The number of ether oxygens (including phenoxy) is 2. The second kappa shape index (κ2) is 7.65. The maximum Gasteiger partial charge on any atom is 0.232 e. The van der Waals surface area contributed by atoms with Crippen LogP contribution >= 0.6 is 0 Å². The van der Waals surface area contributed by atoms with E-state index in [9.17, 15) is 8.42 Å². The van der Waals surface area contributed by atoms with Gasteiger partial charge in [-0.15, -0.1) is 0 Å². The van der Waals surface area contributed by atoms with Crippen LogP contribution in [0, 0.1) is 0 Å². The molecule has 0 fully saturated rings. The molecular formula is C18H22N2O4S. The van der Waals surface area contributed by atoms with E-state index in [0.717, 1.165) is 29.3 Å². The molecule has 0 saturated carbocycles. The first-order valence-corrected chi connectivity index (χ1v) is 9.98. The van der Waals surface area contributed by atoms with Gasteiger partial charge in [0.05, 0.1) is 5.75 Å². The minimum atomic E-state index is -3.28. The lowest BCUT2D eigenvalue weighted by Gasteiger charge is -2.19. The van der Waals surface area contributed by atoms with Crippen molar-refractivity contribution in [2.24, 2.45) is 0 Å². The number of hydrogen-bond acceptors (Lipinski definition) is 5. The molecule has 1 aliphatic rings. The zero-order chi connectivity index (χ0) is 17.7. The summed E-state index contributed by atoms with van der Waals surface area (Å²) in [4.78, 5) is 0. The Morgan fingerprint density at radius 3 is 2.28 bits per heavy atom. The van der Waals surface area contributed by atoms with Crippen molar-refractivity contribution >= 4 is 27.1 Å². The summed E-state index contributed by atoms with van der Waals surface area (Å²) in [5, 5.41) is 3.27. The van der Waals surface area contributed by atoms with Gasteiger partial charge in [-0.05, 0) is 42.8 Å². The lowest BCUT2D eigenvalue weighted by molar-refractivity contribution is 0.171. The summed E-state index contributed by atoms with van der Waals surface area (Å²) >= 11 is 0. The molecule has 0 spiro atoms. The largest absolute Gasteiger partial charge is 0.486 e. The molecule has 1 heterocycles. The summed E-state index contributed by atoms with van der Waals surface area (Å²) in [5.74, 6) is 1.60. The number of nitrogens with one attached hydrogen (secondary N) is 2. The van der Waals surface area contributed by atoms with Crippen LogP contribution in [0.2, 0.25) is 0 Å². The van der Waals surface area contributed by atoms with Gasteiger partial charge in [-0.3, -0.25) is 4.72 Å². The molecule has 2 aromatic rings. The van der Waals surface area contributed by atoms with Gasteiger partial charge >= 0.3 is 0 Å². The van der Waals surface area contributed by atoms with E-state index in [-0.39, 0.29) is 5.75 Å². The van der Waals surface area contributed by atoms with Crippen LogP contribution in [0.3, 0.4) is 0 Å². The molecule has 0 amide bonds. The van der Waals surface area contributed by atoms with Crippen molar-refractivity contribution in [1.29, 1.82) is 0 Å². The Labute approximate surface area is 148 Å². The number of rotatable bonds is 7. The van der Waals surface area contributed by atoms with Crippen LogP contribution in [0.5, 0.6) is 11.5 Å². The first kappa shape index (κ1) is 17.4. The lowest BCUT2D eigenvalue weighted by atomic mass is 10.2. The Hall–Kier alpha value is -2.41. The van der Waals surface area contributed by atoms with E-state index in [1.807, 2.05) is 37.3 Å². The van der Waals surface area contributed by atoms with E-state index >= 15 is 0 Å². The maximum atomic E-state index is 11.9. The van der Waals surface area contributed by atoms with Crippen LogP contribution < -0.4 is 19.5 Å². The van der Waals surface area contributed by atoms with E-state index in [2.05, 4.69) is 10.0 Å². The highest BCUT2D eigenvalue weighted by Crippen LogP contribution is 2.33. The number of anilines is 3. The third kappa shape index (κ3) is 4.79. The Morgan fingerprint density at radius 2 is 1.56 bits per heavy atom. The zero-order valence-electron chi connectivity index (χ0n) is 14.1. The quantitative estimate of drug-likeness (QED) is 0.785. The molecule has 0 aliphatic carbocycles. The number of hydrogen-bond donors (Lipinski definition) is 2. The van der Waals surface area contributed by atoms with Crippen LogP contribution in [0.25, 0.3) is 0 Å². The van der Waals surface area contributed by atoms with Crippen LogP contribution in [-0.4, -0.2) is 27.4 Å². The van der Waals surface area contributed by atoms with E-state index in [0.29, 0.717) is 25.3 Å². The summed E-state index contributed by atoms with van der Waals surface area (Å²) in [5.41, 5.74) is 2.29. The molecular weight excluding hydrogens is 340 g/mol. The highest BCUT2D eigenvalue weighted by Gasteiger charge is 2.12. The SMILES string of the molecule is CCCCS(=O)(=O)Nc1ccc(Nc2ccc3c(c2)OCCO3)cc1. The minimum absolute atomic E-state index is 0.140. The molecule has 2 N–H and O–H groups in total. The van der Waals surface area contributed by atoms with Crippen molar-refractivity contribution in [2.45, 2.75) is 19.8 Å². The van der Waals surface area contributed by atoms with Crippen molar-refractivity contribution in [3.63, 3.8) is 0 Å².